The highest BCUT2D eigenvalue weighted by Gasteiger charge is 2.07. The number of nitrogens with one attached hydrogen (secondary N) is 1. The standard InChI is InChI=1S/C13H15N3O2S/c1-2-16-11-13(10-14-16)15-19(17,18)9-8-12-6-4-3-5-7-12/h3-11,15H,2H2,1H3. The number of nitrogens with zero attached hydrogens (tertiary/aromatic N) is 2. The highest BCUT2D eigenvalue weighted by Crippen LogP contribution is 2.10. The predicted octanol–water partition coefficient (Wildman–Crippen LogP) is 2.32. The second-order valence-corrected chi connectivity index (χ2v) is 5.51. The minimum absolute atomic E-state index is 0.458. The lowest BCUT2D eigenvalue weighted by atomic mass is 10.2. The van der Waals surface area contributed by atoms with Gasteiger partial charge >= 0.3 is 0 Å². The first-order valence-corrected chi connectivity index (χ1v) is 7.42. The minimum Gasteiger partial charge on any atom is -0.277 e. The van der Waals surface area contributed by atoms with E-state index in [1.54, 1.807) is 17.0 Å². The van der Waals surface area contributed by atoms with Crippen LogP contribution < -0.4 is 4.72 Å². The van der Waals surface area contributed by atoms with Crippen LogP contribution in [0, 0.1) is 0 Å². The topological polar surface area (TPSA) is 64.0 Å². The second kappa shape index (κ2) is 5.71. The van der Waals surface area contributed by atoms with Crippen molar-refractivity contribution in [3.05, 3.63) is 53.7 Å². The summed E-state index contributed by atoms with van der Waals surface area (Å²) < 4.78 is 27.8. The number of anilines is 1. The Bertz CT molecular complexity index is 660. The maximum absolute atomic E-state index is 11.8. The van der Waals surface area contributed by atoms with Gasteiger partial charge in [-0.15, -0.1) is 0 Å². The molecule has 1 heterocycles. The van der Waals surface area contributed by atoms with Gasteiger partial charge in [-0.25, -0.2) is 8.42 Å². The lowest BCUT2D eigenvalue weighted by molar-refractivity contribution is 0.609. The van der Waals surface area contributed by atoms with Crippen LogP contribution in [-0.4, -0.2) is 18.2 Å². The molecular weight excluding hydrogens is 262 g/mol. The van der Waals surface area contributed by atoms with Gasteiger partial charge in [0.15, 0.2) is 0 Å². The van der Waals surface area contributed by atoms with Gasteiger partial charge in [0.2, 0.25) is 0 Å². The molecule has 0 fully saturated rings. The molecule has 0 atom stereocenters. The molecule has 1 aromatic heterocycles. The van der Waals surface area contributed by atoms with Crippen LogP contribution in [0.3, 0.4) is 0 Å². The Morgan fingerprint density at radius 1 is 1.32 bits per heavy atom. The third-order valence-corrected chi connectivity index (χ3v) is 3.47. The molecule has 0 saturated heterocycles. The number of aromatic nitrogens is 2. The molecule has 1 aromatic carbocycles. The Morgan fingerprint density at radius 3 is 2.68 bits per heavy atom. The Hall–Kier alpha value is -2.08. The highest BCUT2D eigenvalue weighted by molar-refractivity contribution is 7.95. The van der Waals surface area contributed by atoms with E-state index < -0.39 is 10.0 Å². The lowest BCUT2D eigenvalue weighted by Gasteiger charge is -2.00. The van der Waals surface area contributed by atoms with Gasteiger partial charge in [-0.2, -0.15) is 5.10 Å². The number of benzene rings is 1. The van der Waals surface area contributed by atoms with Crippen LogP contribution in [0.15, 0.2) is 48.1 Å². The van der Waals surface area contributed by atoms with Crippen molar-refractivity contribution >= 4 is 21.8 Å². The first-order valence-electron chi connectivity index (χ1n) is 5.87. The second-order valence-electron chi connectivity index (χ2n) is 3.95. The van der Waals surface area contributed by atoms with Gasteiger partial charge in [-0.3, -0.25) is 9.40 Å². The molecule has 0 aliphatic rings. The maximum atomic E-state index is 11.8. The Labute approximate surface area is 112 Å². The zero-order valence-corrected chi connectivity index (χ0v) is 11.3. The molecule has 0 saturated carbocycles. The first-order chi connectivity index (χ1) is 9.09. The van der Waals surface area contributed by atoms with Crippen LogP contribution in [0.5, 0.6) is 0 Å². The molecule has 19 heavy (non-hydrogen) atoms. The zero-order valence-electron chi connectivity index (χ0n) is 10.5. The third-order valence-electron chi connectivity index (χ3n) is 2.46. The SMILES string of the molecule is CCn1cc(NS(=O)(=O)C=Cc2ccccc2)cn1. The van der Waals surface area contributed by atoms with Gasteiger partial charge in [-0.05, 0) is 18.6 Å². The van der Waals surface area contributed by atoms with Gasteiger partial charge < -0.3 is 0 Å². The van der Waals surface area contributed by atoms with Gasteiger partial charge in [0.25, 0.3) is 10.0 Å². The third kappa shape index (κ3) is 3.96. The highest BCUT2D eigenvalue weighted by atomic mass is 32.2. The molecule has 6 heteroatoms. The van der Waals surface area contributed by atoms with Crippen molar-refractivity contribution < 1.29 is 8.42 Å². The summed E-state index contributed by atoms with van der Waals surface area (Å²) in [6, 6.07) is 9.25. The molecule has 0 amide bonds. The van der Waals surface area contributed by atoms with Crippen molar-refractivity contribution in [3.63, 3.8) is 0 Å². The fraction of sp³-hybridized carbons (Fsp3) is 0.154. The summed E-state index contributed by atoms with van der Waals surface area (Å²) in [7, 11) is -3.51. The summed E-state index contributed by atoms with van der Waals surface area (Å²) in [4.78, 5) is 0. The zero-order chi connectivity index (χ0) is 13.7. The minimum atomic E-state index is -3.51. The number of sulfonamides is 1. The molecule has 0 aliphatic heterocycles. The largest absolute Gasteiger partial charge is 0.277 e. The first kappa shape index (κ1) is 13.4. The summed E-state index contributed by atoms with van der Waals surface area (Å²) in [5, 5.41) is 5.15. The molecule has 1 N–H and O–H groups in total. The van der Waals surface area contributed by atoms with Gasteiger partial charge in [-0.1, -0.05) is 30.3 Å². The molecule has 5 nitrogen and oxygen atoms in total. The Kier molecular flexibility index (Phi) is 4.01. The van der Waals surface area contributed by atoms with Crippen LogP contribution in [-0.2, 0) is 16.6 Å². The predicted molar refractivity (Wildman–Crippen MR) is 75.9 cm³/mol. The van der Waals surface area contributed by atoms with Crippen molar-refractivity contribution in [1.82, 2.24) is 9.78 Å². The molecule has 2 aromatic rings. The molecule has 100 valence electrons. The summed E-state index contributed by atoms with van der Waals surface area (Å²) in [5.74, 6) is 0. The lowest BCUT2D eigenvalue weighted by Crippen LogP contribution is -2.08. The summed E-state index contributed by atoms with van der Waals surface area (Å²) >= 11 is 0. The van der Waals surface area contributed by atoms with Crippen LogP contribution in [0.4, 0.5) is 5.69 Å². The van der Waals surface area contributed by atoms with E-state index in [9.17, 15) is 8.42 Å². The Morgan fingerprint density at radius 2 is 2.05 bits per heavy atom. The van der Waals surface area contributed by atoms with Crippen LogP contribution in [0.1, 0.15) is 12.5 Å². The average Bonchev–Trinajstić information content (AvgIpc) is 2.85. The number of hydrogen-bond donors (Lipinski definition) is 1. The fourth-order valence-corrected chi connectivity index (χ4v) is 2.36. The van der Waals surface area contributed by atoms with E-state index in [1.807, 2.05) is 37.3 Å². The van der Waals surface area contributed by atoms with Crippen LogP contribution >= 0.6 is 0 Å². The van der Waals surface area contributed by atoms with Crippen molar-refractivity contribution in [2.24, 2.45) is 0 Å². The van der Waals surface area contributed by atoms with E-state index in [2.05, 4.69) is 9.82 Å². The van der Waals surface area contributed by atoms with E-state index in [0.29, 0.717) is 12.2 Å². The van der Waals surface area contributed by atoms with Crippen molar-refractivity contribution in [2.45, 2.75) is 13.5 Å². The number of hydrogen-bond acceptors (Lipinski definition) is 3. The van der Waals surface area contributed by atoms with E-state index >= 15 is 0 Å². The van der Waals surface area contributed by atoms with E-state index in [4.69, 9.17) is 0 Å². The molecule has 0 aliphatic carbocycles. The number of rotatable bonds is 5. The Balaban J connectivity index is 2.08. The monoisotopic (exact) mass is 277 g/mol. The summed E-state index contributed by atoms with van der Waals surface area (Å²) in [5.41, 5.74) is 1.29. The molecule has 0 spiro atoms. The molecule has 0 radical (unpaired) electrons. The summed E-state index contributed by atoms with van der Waals surface area (Å²) in [6.07, 6.45) is 4.68. The van der Waals surface area contributed by atoms with Crippen molar-refractivity contribution in [3.8, 4) is 0 Å². The smallest absolute Gasteiger partial charge is 0.255 e. The maximum Gasteiger partial charge on any atom is 0.255 e. The summed E-state index contributed by atoms with van der Waals surface area (Å²) in [6.45, 7) is 2.63. The van der Waals surface area contributed by atoms with Crippen LogP contribution in [0.25, 0.3) is 6.08 Å². The van der Waals surface area contributed by atoms with E-state index in [-0.39, 0.29) is 0 Å². The molecule has 0 bridgehead atoms. The average molecular weight is 277 g/mol. The van der Waals surface area contributed by atoms with Crippen molar-refractivity contribution in [1.29, 1.82) is 0 Å². The van der Waals surface area contributed by atoms with E-state index in [1.165, 1.54) is 6.20 Å². The van der Waals surface area contributed by atoms with Gasteiger partial charge in [0.05, 0.1) is 17.3 Å². The molecule has 0 unspecified atom stereocenters. The molecule has 2 rings (SSSR count). The quantitative estimate of drug-likeness (QED) is 0.912. The normalized spacial score (nSPS) is 11.8. The number of aryl methyl sites for hydroxylation is 1. The van der Waals surface area contributed by atoms with Gasteiger partial charge in [0, 0.05) is 12.7 Å². The van der Waals surface area contributed by atoms with Crippen molar-refractivity contribution in [2.75, 3.05) is 4.72 Å². The van der Waals surface area contributed by atoms with Crippen LogP contribution in [0.2, 0.25) is 0 Å². The molecular formula is C13H15N3O2S. The van der Waals surface area contributed by atoms with E-state index in [0.717, 1.165) is 11.0 Å². The van der Waals surface area contributed by atoms with Gasteiger partial charge in [0.1, 0.15) is 0 Å². The fourth-order valence-electron chi connectivity index (χ4n) is 1.52.